The molecule has 0 spiro atoms. The maximum atomic E-state index is 12.7. The van der Waals surface area contributed by atoms with E-state index in [0.29, 0.717) is 18.7 Å². The molecule has 1 fully saturated rings. The monoisotopic (exact) mass is 291 g/mol. The summed E-state index contributed by atoms with van der Waals surface area (Å²) in [6.45, 7) is 10.1. The summed E-state index contributed by atoms with van der Waals surface area (Å²) in [6, 6.07) is 3.80. The molecular formula is C16H25N3O2. The minimum Gasteiger partial charge on any atom is -0.375 e. The molecule has 1 aromatic heterocycles. The third kappa shape index (κ3) is 3.94. The molecule has 1 N–H and O–H groups in total. The van der Waals surface area contributed by atoms with Gasteiger partial charge in [-0.05, 0) is 39.3 Å². The number of pyridine rings is 1. The predicted molar refractivity (Wildman–Crippen MR) is 83.7 cm³/mol. The van der Waals surface area contributed by atoms with E-state index in [0.717, 1.165) is 24.5 Å². The molecule has 0 aliphatic carbocycles. The van der Waals surface area contributed by atoms with Crippen molar-refractivity contribution in [2.75, 3.05) is 25.0 Å². The average Bonchev–Trinajstić information content (AvgIpc) is 2.46. The molecule has 1 aromatic rings. The number of carbonyl (C=O) groups is 1. The van der Waals surface area contributed by atoms with Crippen LogP contribution in [0.4, 0.5) is 5.82 Å². The Kier molecular flexibility index (Phi) is 5.17. The zero-order chi connectivity index (χ0) is 15.4. The number of rotatable bonds is 4. The van der Waals surface area contributed by atoms with E-state index in [1.54, 1.807) is 0 Å². The minimum absolute atomic E-state index is 0.0581. The molecule has 21 heavy (non-hydrogen) atoms. The van der Waals surface area contributed by atoms with Gasteiger partial charge >= 0.3 is 0 Å². The Hall–Kier alpha value is -1.62. The second kappa shape index (κ2) is 6.89. The third-order valence-electron chi connectivity index (χ3n) is 3.63. The first-order chi connectivity index (χ1) is 10.0. The van der Waals surface area contributed by atoms with E-state index >= 15 is 0 Å². The Balaban J connectivity index is 2.19. The summed E-state index contributed by atoms with van der Waals surface area (Å²) in [6.07, 6.45) is 1.11. The molecular weight excluding hydrogens is 266 g/mol. The number of aromatic nitrogens is 1. The second-order valence-corrected chi connectivity index (χ2v) is 5.76. The molecule has 1 aliphatic heterocycles. The van der Waals surface area contributed by atoms with Crippen molar-refractivity contribution in [2.24, 2.45) is 0 Å². The molecule has 0 bridgehead atoms. The van der Waals surface area contributed by atoms with Crippen LogP contribution in [0.2, 0.25) is 0 Å². The van der Waals surface area contributed by atoms with Gasteiger partial charge in [0.05, 0.1) is 18.8 Å². The second-order valence-electron chi connectivity index (χ2n) is 5.76. The number of hydrogen-bond donors (Lipinski definition) is 1. The number of nitrogens with one attached hydrogen (secondary N) is 1. The van der Waals surface area contributed by atoms with Crippen molar-refractivity contribution >= 4 is 11.7 Å². The molecule has 2 unspecified atom stereocenters. The van der Waals surface area contributed by atoms with Crippen LogP contribution in [0, 0.1) is 6.92 Å². The average molecular weight is 291 g/mol. The normalized spacial score (nSPS) is 22.2. The van der Waals surface area contributed by atoms with Crippen LogP contribution in [-0.2, 0) is 4.74 Å². The van der Waals surface area contributed by atoms with Gasteiger partial charge in [-0.3, -0.25) is 4.79 Å². The van der Waals surface area contributed by atoms with E-state index < -0.39 is 0 Å². The van der Waals surface area contributed by atoms with Gasteiger partial charge in [0.15, 0.2) is 0 Å². The van der Waals surface area contributed by atoms with Crippen LogP contribution < -0.4 is 5.32 Å². The lowest BCUT2D eigenvalue weighted by molar-refractivity contribution is -0.0387. The first kappa shape index (κ1) is 15.8. The quantitative estimate of drug-likeness (QED) is 0.926. The summed E-state index contributed by atoms with van der Waals surface area (Å²) in [5, 5.41) is 3.25. The summed E-state index contributed by atoms with van der Waals surface area (Å²) in [5.74, 6) is 0.830. The lowest BCUT2D eigenvalue weighted by Crippen LogP contribution is -2.50. The molecule has 1 aliphatic rings. The fourth-order valence-electron chi connectivity index (χ4n) is 2.49. The topological polar surface area (TPSA) is 54.5 Å². The third-order valence-corrected chi connectivity index (χ3v) is 3.63. The molecule has 2 rings (SSSR count). The first-order valence-electron chi connectivity index (χ1n) is 7.66. The van der Waals surface area contributed by atoms with Crippen molar-refractivity contribution in [2.45, 2.75) is 46.3 Å². The number of aryl methyl sites for hydroxylation is 1. The van der Waals surface area contributed by atoms with Crippen molar-refractivity contribution in [1.82, 2.24) is 9.88 Å². The van der Waals surface area contributed by atoms with Crippen LogP contribution in [-0.4, -0.2) is 47.6 Å². The van der Waals surface area contributed by atoms with Crippen molar-refractivity contribution < 1.29 is 9.53 Å². The number of anilines is 1. The maximum absolute atomic E-state index is 12.7. The van der Waals surface area contributed by atoms with E-state index in [9.17, 15) is 4.79 Å². The standard InChI is InChI=1S/C16H25N3O2/c1-5-6-17-15-8-14(7-11(2)18-15)16(20)19-9-13(4)21-10-12(19)3/h7-8,12-13H,5-6,9-10H2,1-4H3,(H,17,18). The van der Waals surface area contributed by atoms with Gasteiger partial charge in [-0.1, -0.05) is 6.92 Å². The molecule has 5 heteroatoms. The number of ether oxygens (including phenoxy) is 1. The van der Waals surface area contributed by atoms with E-state index in [2.05, 4.69) is 17.2 Å². The summed E-state index contributed by atoms with van der Waals surface area (Å²) in [5.41, 5.74) is 1.55. The predicted octanol–water partition coefficient (Wildman–Crippen LogP) is 2.46. The zero-order valence-electron chi connectivity index (χ0n) is 13.3. The van der Waals surface area contributed by atoms with Gasteiger partial charge in [0.25, 0.3) is 5.91 Å². The van der Waals surface area contributed by atoms with Crippen molar-refractivity contribution in [3.63, 3.8) is 0 Å². The highest BCUT2D eigenvalue weighted by Gasteiger charge is 2.28. The van der Waals surface area contributed by atoms with Gasteiger partial charge in [-0.2, -0.15) is 0 Å². The fourth-order valence-corrected chi connectivity index (χ4v) is 2.49. The van der Waals surface area contributed by atoms with Crippen LogP contribution >= 0.6 is 0 Å². The molecule has 0 saturated carbocycles. The molecule has 0 aromatic carbocycles. The van der Waals surface area contributed by atoms with Gasteiger partial charge in [0.2, 0.25) is 0 Å². The van der Waals surface area contributed by atoms with Crippen molar-refractivity contribution in [3.8, 4) is 0 Å². The van der Waals surface area contributed by atoms with Crippen molar-refractivity contribution in [1.29, 1.82) is 0 Å². The van der Waals surface area contributed by atoms with Gasteiger partial charge in [-0.15, -0.1) is 0 Å². The van der Waals surface area contributed by atoms with Crippen LogP contribution in [0.3, 0.4) is 0 Å². The summed E-state index contributed by atoms with van der Waals surface area (Å²) >= 11 is 0. The summed E-state index contributed by atoms with van der Waals surface area (Å²) in [4.78, 5) is 19.1. The Morgan fingerprint density at radius 3 is 2.95 bits per heavy atom. The number of nitrogens with zero attached hydrogens (tertiary/aromatic N) is 2. The number of carbonyl (C=O) groups excluding carboxylic acids is 1. The maximum Gasteiger partial charge on any atom is 0.254 e. The summed E-state index contributed by atoms with van der Waals surface area (Å²) < 4.78 is 5.59. The molecule has 2 atom stereocenters. The Labute approximate surface area is 126 Å². The molecule has 0 radical (unpaired) electrons. The van der Waals surface area contributed by atoms with Crippen LogP contribution in [0.15, 0.2) is 12.1 Å². The van der Waals surface area contributed by atoms with E-state index in [-0.39, 0.29) is 18.1 Å². The molecule has 1 saturated heterocycles. The van der Waals surface area contributed by atoms with Crippen molar-refractivity contribution in [3.05, 3.63) is 23.4 Å². The highest BCUT2D eigenvalue weighted by molar-refractivity contribution is 5.95. The minimum atomic E-state index is 0.0581. The van der Waals surface area contributed by atoms with Gasteiger partial charge < -0.3 is 15.0 Å². The number of amides is 1. The highest BCUT2D eigenvalue weighted by Crippen LogP contribution is 2.18. The molecule has 116 valence electrons. The number of hydrogen-bond acceptors (Lipinski definition) is 4. The lowest BCUT2D eigenvalue weighted by Gasteiger charge is -2.36. The fraction of sp³-hybridized carbons (Fsp3) is 0.625. The lowest BCUT2D eigenvalue weighted by atomic mass is 10.1. The Bertz CT molecular complexity index is 504. The summed E-state index contributed by atoms with van der Waals surface area (Å²) in [7, 11) is 0. The van der Waals surface area contributed by atoms with Crippen LogP contribution in [0.5, 0.6) is 0 Å². The SMILES string of the molecule is CCCNc1cc(C(=O)N2CC(C)OCC2C)cc(C)n1. The van der Waals surface area contributed by atoms with Gasteiger partial charge in [0, 0.05) is 24.3 Å². The van der Waals surface area contributed by atoms with Crippen LogP contribution in [0.1, 0.15) is 43.2 Å². The Morgan fingerprint density at radius 2 is 2.24 bits per heavy atom. The van der Waals surface area contributed by atoms with Crippen LogP contribution in [0.25, 0.3) is 0 Å². The highest BCUT2D eigenvalue weighted by atomic mass is 16.5. The van der Waals surface area contributed by atoms with E-state index in [1.807, 2.05) is 37.8 Å². The Morgan fingerprint density at radius 1 is 1.48 bits per heavy atom. The first-order valence-corrected chi connectivity index (χ1v) is 7.66. The largest absolute Gasteiger partial charge is 0.375 e. The van der Waals surface area contributed by atoms with E-state index in [4.69, 9.17) is 4.74 Å². The molecule has 1 amide bonds. The molecule has 5 nitrogen and oxygen atoms in total. The van der Waals surface area contributed by atoms with Gasteiger partial charge in [-0.25, -0.2) is 4.98 Å². The zero-order valence-corrected chi connectivity index (χ0v) is 13.3. The number of morpholine rings is 1. The molecule has 2 heterocycles. The van der Waals surface area contributed by atoms with E-state index in [1.165, 1.54) is 0 Å². The van der Waals surface area contributed by atoms with Gasteiger partial charge in [0.1, 0.15) is 5.82 Å². The smallest absolute Gasteiger partial charge is 0.254 e.